The summed E-state index contributed by atoms with van der Waals surface area (Å²) in [5.41, 5.74) is -0.234. The zero-order chi connectivity index (χ0) is 21.3. The van der Waals surface area contributed by atoms with E-state index in [0.29, 0.717) is 16.6 Å². The molecule has 9 nitrogen and oxygen atoms in total. The second kappa shape index (κ2) is 7.49. The van der Waals surface area contributed by atoms with Crippen LogP contribution in [0.25, 0.3) is 11.0 Å². The van der Waals surface area contributed by atoms with Crippen molar-refractivity contribution < 1.29 is 29.0 Å². The van der Waals surface area contributed by atoms with Crippen LogP contribution in [0.4, 0.5) is 4.79 Å². The van der Waals surface area contributed by atoms with Gasteiger partial charge in [-0.25, -0.2) is 19.4 Å². The van der Waals surface area contributed by atoms with E-state index in [1.54, 1.807) is 47.6 Å². The van der Waals surface area contributed by atoms with E-state index in [9.17, 15) is 19.5 Å². The lowest BCUT2D eigenvalue weighted by Crippen LogP contribution is -2.38. The van der Waals surface area contributed by atoms with Crippen molar-refractivity contribution in [2.75, 3.05) is 0 Å². The molecular weight excluding hydrogens is 366 g/mol. The number of nitrogens with one attached hydrogen (secondary N) is 2. The third-order valence-electron chi connectivity index (χ3n) is 3.34. The van der Waals surface area contributed by atoms with E-state index in [0.717, 1.165) is 0 Å². The van der Waals surface area contributed by atoms with Crippen LogP contribution in [0.1, 0.15) is 63.8 Å². The van der Waals surface area contributed by atoms with Crippen LogP contribution in [-0.2, 0) is 14.3 Å². The number of aromatic nitrogens is 2. The van der Waals surface area contributed by atoms with Gasteiger partial charge in [0.25, 0.3) is 0 Å². The smallest absolute Gasteiger partial charge is 0.408 e. The molecule has 0 bridgehead atoms. The number of amides is 1. The molecule has 9 heteroatoms. The number of aliphatic carboxylic acids is 1. The Labute approximate surface area is 162 Å². The molecule has 152 valence electrons. The van der Waals surface area contributed by atoms with Crippen LogP contribution in [0.2, 0.25) is 0 Å². The fraction of sp³-hybridized carbons (Fsp3) is 0.474. The van der Waals surface area contributed by atoms with Gasteiger partial charge in [0.15, 0.2) is 6.04 Å². The van der Waals surface area contributed by atoms with E-state index < -0.39 is 35.3 Å². The van der Waals surface area contributed by atoms with Crippen molar-refractivity contribution in [3.8, 4) is 0 Å². The highest BCUT2D eigenvalue weighted by atomic mass is 16.6. The predicted octanol–water partition coefficient (Wildman–Crippen LogP) is 3.17. The summed E-state index contributed by atoms with van der Waals surface area (Å²) in [4.78, 5) is 42.7. The predicted molar refractivity (Wildman–Crippen MR) is 101 cm³/mol. The standard InChI is InChI=1S/C19H25N3O6/c1-18(2,3)27-16(25)14-20-11-8-7-10(9-12(11)21-14)13(15(23)24)22-17(26)28-19(4,5)6/h7-9,13H,1-6H3,(H,20,21)(H,22,26)(H,23,24). The molecule has 1 amide bonds. The van der Waals surface area contributed by atoms with Crippen LogP contribution >= 0.6 is 0 Å². The van der Waals surface area contributed by atoms with E-state index in [-0.39, 0.29) is 5.82 Å². The minimum Gasteiger partial charge on any atom is -0.479 e. The first-order valence-corrected chi connectivity index (χ1v) is 8.70. The van der Waals surface area contributed by atoms with Crippen molar-refractivity contribution in [2.45, 2.75) is 58.8 Å². The molecule has 1 atom stereocenters. The molecule has 2 rings (SSSR count). The number of aromatic amines is 1. The Morgan fingerprint density at radius 2 is 1.68 bits per heavy atom. The van der Waals surface area contributed by atoms with Crippen molar-refractivity contribution in [1.82, 2.24) is 15.3 Å². The average Bonchev–Trinajstić information content (AvgIpc) is 2.92. The molecular formula is C19H25N3O6. The molecule has 0 radical (unpaired) electrons. The Balaban J connectivity index is 2.28. The van der Waals surface area contributed by atoms with Crippen LogP contribution in [-0.4, -0.2) is 44.3 Å². The minimum absolute atomic E-state index is 0.00838. The van der Waals surface area contributed by atoms with E-state index in [1.807, 2.05) is 0 Å². The molecule has 1 aromatic heterocycles. The number of H-pyrrole nitrogens is 1. The summed E-state index contributed by atoms with van der Waals surface area (Å²) < 4.78 is 10.4. The van der Waals surface area contributed by atoms with Crippen LogP contribution < -0.4 is 5.32 Å². The Bertz CT molecular complexity index is 905. The van der Waals surface area contributed by atoms with Gasteiger partial charge in [-0.1, -0.05) is 6.07 Å². The van der Waals surface area contributed by atoms with Crippen LogP contribution in [0, 0.1) is 0 Å². The van der Waals surface area contributed by atoms with Gasteiger partial charge in [0, 0.05) is 0 Å². The highest BCUT2D eigenvalue weighted by Crippen LogP contribution is 2.21. The maximum atomic E-state index is 12.2. The maximum absolute atomic E-state index is 12.2. The molecule has 1 unspecified atom stereocenters. The third-order valence-corrected chi connectivity index (χ3v) is 3.34. The molecule has 1 aromatic carbocycles. The molecule has 0 spiro atoms. The second-order valence-corrected chi connectivity index (χ2v) is 8.28. The van der Waals surface area contributed by atoms with Gasteiger partial charge in [-0.15, -0.1) is 0 Å². The summed E-state index contributed by atoms with van der Waals surface area (Å²) >= 11 is 0. The fourth-order valence-corrected chi connectivity index (χ4v) is 2.34. The first kappa shape index (κ1) is 21.2. The van der Waals surface area contributed by atoms with Gasteiger partial charge >= 0.3 is 18.0 Å². The number of hydrogen-bond acceptors (Lipinski definition) is 6. The van der Waals surface area contributed by atoms with Gasteiger partial charge in [0.2, 0.25) is 5.82 Å². The third kappa shape index (κ3) is 5.70. The molecule has 28 heavy (non-hydrogen) atoms. The number of carboxylic acids is 1. The number of hydrogen-bond donors (Lipinski definition) is 3. The van der Waals surface area contributed by atoms with Crippen molar-refractivity contribution >= 4 is 29.1 Å². The number of nitrogens with zero attached hydrogens (tertiary/aromatic N) is 1. The van der Waals surface area contributed by atoms with Crippen LogP contribution in [0.3, 0.4) is 0 Å². The number of rotatable bonds is 4. The number of carbonyl (C=O) groups excluding carboxylic acids is 2. The molecule has 0 aliphatic carbocycles. The fourth-order valence-electron chi connectivity index (χ4n) is 2.34. The maximum Gasteiger partial charge on any atom is 0.408 e. The molecule has 0 aliphatic heterocycles. The normalized spacial score (nSPS) is 13.1. The molecule has 0 saturated carbocycles. The first-order chi connectivity index (χ1) is 12.7. The van der Waals surface area contributed by atoms with Crippen molar-refractivity contribution in [3.05, 3.63) is 29.6 Å². The van der Waals surface area contributed by atoms with Crippen LogP contribution in [0.15, 0.2) is 18.2 Å². The Kier molecular flexibility index (Phi) is 5.67. The van der Waals surface area contributed by atoms with E-state index in [2.05, 4.69) is 15.3 Å². The number of imidazole rings is 1. The lowest BCUT2D eigenvalue weighted by molar-refractivity contribution is -0.139. The van der Waals surface area contributed by atoms with Crippen LogP contribution in [0.5, 0.6) is 0 Å². The number of carboxylic acid groups (broad SMARTS) is 1. The summed E-state index contributed by atoms with van der Waals surface area (Å²) in [6.45, 7) is 10.3. The summed E-state index contributed by atoms with van der Waals surface area (Å²) in [7, 11) is 0. The second-order valence-electron chi connectivity index (χ2n) is 8.28. The summed E-state index contributed by atoms with van der Waals surface area (Å²) in [5, 5.41) is 11.8. The SMILES string of the molecule is CC(C)(C)OC(=O)NC(C(=O)O)c1ccc2nc(C(=O)OC(C)(C)C)[nH]c2c1. The van der Waals surface area contributed by atoms with Crippen molar-refractivity contribution in [1.29, 1.82) is 0 Å². The quantitative estimate of drug-likeness (QED) is 0.682. The monoisotopic (exact) mass is 391 g/mol. The highest BCUT2D eigenvalue weighted by molar-refractivity contribution is 5.91. The lowest BCUT2D eigenvalue weighted by atomic mass is 10.1. The molecule has 3 N–H and O–H groups in total. The van der Waals surface area contributed by atoms with Crippen molar-refractivity contribution in [3.63, 3.8) is 0 Å². The van der Waals surface area contributed by atoms with E-state index in [4.69, 9.17) is 9.47 Å². The van der Waals surface area contributed by atoms with Crippen molar-refractivity contribution in [2.24, 2.45) is 0 Å². The van der Waals surface area contributed by atoms with Gasteiger partial charge in [-0.2, -0.15) is 0 Å². The number of alkyl carbamates (subject to hydrolysis) is 1. The van der Waals surface area contributed by atoms with Gasteiger partial charge in [-0.3, -0.25) is 0 Å². The van der Waals surface area contributed by atoms with Gasteiger partial charge in [0.1, 0.15) is 11.2 Å². The van der Waals surface area contributed by atoms with Gasteiger partial charge < -0.3 is 24.9 Å². The largest absolute Gasteiger partial charge is 0.479 e. The summed E-state index contributed by atoms with van der Waals surface area (Å²) in [6.07, 6.45) is -0.848. The minimum atomic E-state index is -1.33. The number of ether oxygens (including phenoxy) is 2. The molecule has 1 heterocycles. The Morgan fingerprint density at radius 1 is 1.07 bits per heavy atom. The first-order valence-electron chi connectivity index (χ1n) is 8.70. The zero-order valence-corrected chi connectivity index (χ0v) is 16.7. The summed E-state index contributed by atoms with van der Waals surface area (Å²) in [6, 6.07) is 3.25. The summed E-state index contributed by atoms with van der Waals surface area (Å²) in [5.74, 6) is -1.86. The lowest BCUT2D eigenvalue weighted by Gasteiger charge is -2.22. The van der Waals surface area contributed by atoms with Gasteiger partial charge in [0.05, 0.1) is 11.0 Å². The topological polar surface area (TPSA) is 131 Å². The zero-order valence-electron chi connectivity index (χ0n) is 16.7. The molecule has 0 fully saturated rings. The van der Waals surface area contributed by atoms with Gasteiger partial charge in [-0.05, 0) is 59.2 Å². The number of esters is 1. The molecule has 2 aromatic rings. The number of fused-ring (bicyclic) bond motifs is 1. The number of benzene rings is 1. The Morgan fingerprint density at radius 3 is 2.21 bits per heavy atom. The van der Waals surface area contributed by atoms with E-state index in [1.165, 1.54) is 12.1 Å². The number of carbonyl (C=O) groups is 3. The van der Waals surface area contributed by atoms with E-state index >= 15 is 0 Å². The average molecular weight is 391 g/mol. The molecule has 0 saturated heterocycles. The Hall–Kier alpha value is -3.10. The highest BCUT2D eigenvalue weighted by Gasteiger charge is 2.26. The molecule has 0 aliphatic rings.